The third-order valence-corrected chi connectivity index (χ3v) is 3.14. The van der Waals surface area contributed by atoms with Crippen molar-refractivity contribution in [2.45, 2.75) is 13.0 Å². The predicted octanol–water partition coefficient (Wildman–Crippen LogP) is 4.90. The Balaban J connectivity index is 2.16. The Morgan fingerprint density at radius 3 is 2.50 bits per heavy atom. The molecule has 0 aliphatic rings. The quantitative estimate of drug-likeness (QED) is 0.850. The normalized spacial score (nSPS) is 12.2. The highest BCUT2D eigenvalue weighted by Gasteiger charge is 2.09. The molecule has 0 fully saturated rings. The lowest BCUT2D eigenvalue weighted by atomic mass is 10.1. The maximum atomic E-state index is 13.1. The topological polar surface area (TPSA) is 12.0 Å². The van der Waals surface area contributed by atoms with Crippen LogP contribution in [0.3, 0.4) is 0 Å². The average Bonchev–Trinajstić information content (AvgIpc) is 2.32. The zero-order valence-electron chi connectivity index (χ0n) is 9.75. The van der Waals surface area contributed by atoms with Gasteiger partial charge in [-0.15, -0.1) is 0 Å². The first-order valence-corrected chi connectivity index (χ1v) is 6.32. The standard InChI is InChI=1S/C14H12BrF2N/c1-9(10-5-6-13(16)14(17)7-10)18-12-4-2-3-11(15)8-12/h2-9,18H,1H3. The van der Waals surface area contributed by atoms with Gasteiger partial charge in [-0.05, 0) is 42.8 Å². The van der Waals surface area contributed by atoms with Crippen LogP contribution in [0.25, 0.3) is 0 Å². The van der Waals surface area contributed by atoms with Crippen molar-refractivity contribution < 1.29 is 8.78 Å². The molecule has 1 unspecified atom stereocenters. The van der Waals surface area contributed by atoms with Gasteiger partial charge in [0.2, 0.25) is 0 Å². The summed E-state index contributed by atoms with van der Waals surface area (Å²) in [6.45, 7) is 1.90. The van der Waals surface area contributed by atoms with E-state index in [-0.39, 0.29) is 6.04 Å². The van der Waals surface area contributed by atoms with E-state index in [1.54, 1.807) is 6.07 Å². The molecule has 2 rings (SSSR count). The molecule has 0 saturated carbocycles. The fourth-order valence-corrected chi connectivity index (χ4v) is 2.09. The van der Waals surface area contributed by atoms with Crippen molar-refractivity contribution in [3.05, 3.63) is 64.1 Å². The zero-order valence-corrected chi connectivity index (χ0v) is 11.3. The molecule has 0 bridgehead atoms. The minimum Gasteiger partial charge on any atom is -0.378 e. The van der Waals surface area contributed by atoms with E-state index in [1.807, 2.05) is 31.2 Å². The highest BCUT2D eigenvalue weighted by Crippen LogP contribution is 2.23. The van der Waals surface area contributed by atoms with Crippen LogP contribution < -0.4 is 5.32 Å². The summed E-state index contributed by atoms with van der Waals surface area (Å²) in [5.41, 5.74) is 1.62. The Morgan fingerprint density at radius 1 is 1.06 bits per heavy atom. The van der Waals surface area contributed by atoms with Crippen molar-refractivity contribution >= 4 is 21.6 Å². The first-order valence-electron chi connectivity index (χ1n) is 5.53. The molecular weight excluding hydrogens is 300 g/mol. The highest BCUT2D eigenvalue weighted by molar-refractivity contribution is 9.10. The average molecular weight is 312 g/mol. The van der Waals surface area contributed by atoms with E-state index in [0.717, 1.165) is 16.2 Å². The molecule has 1 atom stereocenters. The Labute approximate surface area is 113 Å². The second-order valence-corrected chi connectivity index (χ2v) is 4.97. The summed E-state index contributed by atoms with van der Waals surface area (Å²) in [4.78, 5) is 0. The first kappa shape index (κ1) is 13.0. The van der Waals surface area contributed by atoms with Crippen LogP contribution in [-0.2, 0) is 0 Å². The summed E-state index contributed by atoms with van der Waals surface area (Å²) in [6.07, 6.45) is 0. The smallest absolute Gasteiger partial charge is 0.159 e. The molecule has 2 aromatic rings. The summed E-state index contributed by atoms with van der Waals surface area (Å²) in [5, 5.41) is 3.23. The van der Waals surface area contributed by atoms with E-state index < -0.39 is 11.6 Å². The molecule has 0 saturated heterocycles. The van der Waals surface area contributed by atoms with Gasteiger partial charge in [-0.3, -0.25) is 0 Å². The molecule has 1 nitrogen and oxygen atoms in total. The van der Waals surface area contributed by atoms with Gasteiger partial charge < -0.3 is 5.32 Å². The van der Waals surface area contributed by atoms with Gasteiger partial charge in [-0.2, -0.15) is 0 Å². The maximum absolute atomic E-state index is 13.1. The maximum Gasteiger partial charge on any atom is 0.159 e. The SMILES string of the molecule is CC(Nc1cccc(Br)c1)c1ccc(F)c(F)c1. The number of hydrogen-bond donors (Lipinski definition) is 1. The number of anilines is 1. The van der Waals surface area contributed by atoms with Crippen molar-refractivity contribution in [2.75, 3.05) is 5.32 Å². The lowest BCUT2D eigenvalue weighted by molar-refractivity contribution is 0.506. The lowest BCUT2D eigenvalue weighted by Gasteiger charge is -2.16. The predicted molar refractivity (Wildman–Crippen MR) is 72.5 cm³/mol. The first-order chi connectivity index (χ1) is 8.56. The molecule has 0 aromatic heterocycles. The Bertz CT molecular complexity index is 557. The van der Waals surface area contributed by atoms with Crippen LogP contribution in [0.5, 0.6) is 0 Å². The van der Waals surface area contributed by atoms with E-state index in [2.05, 4.69) is 21.2 Å². The van der Waals surface area contributed by atoms with E-state index in [9.17, 15) is 8.78 Å². The third-order valence-electron chi connectivity index (χ3n) is 2.65. The van der Waals surface area contributed by atoms with E-state index in [1.165, 1.54) is 6.07 Å². The van der Waals surface area contributed by atoms with Gasteiger partial charge in [0, 0.05) is 16.2 Å². The van der Waals surface area contributed by atoms with Gasteiger partial charge in [0.15, 0.2) is 11.6 Å². The summed E-state index contributed by atoms with van der Waals surface area (Å²) in [7, 11) is 0. The largest absolute Gasteiger partial charge is 0.378 e. The summed E-state index contributed by atoms with van der Waals surface area (Å²) < 4.78 is 26.9. The summed E-state index contributed by atoms with van der Waals surface area (Å²) >= 11 is 3.38. The van der Waals surface area contributed by atoms with Crippen molar-refractivity contribution in [3.63, 3.8) is 0 Å². The second kappa shape index (κ2) is 5.48. The van der Waals surface area contributed by atoms with Gasteiger partial charge in [0.05, 0.1) is 0 Å². The molecule has 2 aromatic carbocycles. The molecular formula is C14H12BrF2N. The molecule has 1 N–H and O–H groups in total. The Kier molecular flexibility index (Phi) is 3.97. The summed E-state index contributed by atoms with van der Waals surface area (Å²) in [6, 6.07) is 11.5. The number of hydrogen-bond acceptors (Lipinski definition) is 1. The molecule has 0 aliphatic carbocycles. The van der Waals surface area contributed by atoms with Crippen LogP contribution in [0.1, 0.15) is 18.5 Å². The molecule has 18 heavy (non-hydrogen) atoms. The van der Waals surface area contributed by atoms with Gasteiger partial charge in [-0.25, -0.2) is 8.78 Å². The van der Waals surface area contributed by atoms with Gasteiger partial charge in [0.25, 0.3) is 0 Å². The molecule has 4 heteroatoms. The molecule has 0 radical (unpaired) electrons. The zero-order chi connectivity index (χ0) is 13.1. The van der Waals surface area contributed by atoms with Crippen molar-refractivity contribution in [1.82, 2.24) is 0 Å². The fraction of sp³-hybridized carbons (Fsp3) is 0.143. The van der Waals surface area contributed by atoms with Crippen LogP contribution in [0.15, 0.2) is 46.9 Å². The van der Waals surface area contributed by atoms with E-state index in [0.29, 0.717) is 5.56 Å². The van der Waals surface area contributed by atoms with Gasteiger partial charge in [-0.1, -0.05) is 28.1 Å². The number of rotatable bonds is 3. The van der Waals surface area contributed by atoms with Crippen LogP contribution in [-0.4, -0.2) is 0 Å². The number of halogens is 3. The Hall–Kier alpha value is -1.42. The lowest BCUT2D eigenvalue weighted by Crippen LogP contribution is -2.07. The monoisotopic (exact) mass is 311 g/mol. The minimum atomic E-state index is -0.826. The molecule has 0 heterocycles. The van der Waals surface area contributed by atoms with Crippen molar-refractivity contribution in [2.24, 2.45) is 0 Å². The van der Waals surface area contributed by atoms with Crippen molar-refractivity contribution in [1.29, 1.82) is 0 Å². The van der Waals surface area contributed by atoms with Crippen molar-refractivity contribution in [3.8, 4) is 0 Å². The van der Waals surface area contributed by atoms with Gasteiger partial charge >= 0.3 is 0 Å². The third kappa shape index (κ3) is 3.07. The summed E-state index contributed by atoms with van der Waals surface area (Å²) in [5.74, 6) is -1.65. The van der Waals surface area contributed by atoms with Crippen LogP contribution in [0.2, 0.25) is 0 Å². The Morgan fingerprint density at radius 2 is 1.83 bits per heavy atom. The molecule has 94 valence electrons. The van der Waals surface area contributed by atoms with Gasteiger partial charge in [0.1, 0.15) is 0 Å². The van der Waals surface area contributed by atoms with Crippen LogP contribution in [0.4, 0.5) is 14.5 Å². The minimum absolute atomic E-state index is 0.102. The van der Waals surface area contributed by atoms with Crippen LogP contribution in [0, 0.1) is 11.6 Å². The van der Waals surface area contributed by atoms with E-state index >= 15 is 0 Å². The molecule has 0 aliphatic heterocycles. The number of nitrogens with one attached hydrogen (secondary N) is 1. The van der Waals surface area contributed by atoms with E-state index in [4.69, 9.17) is 0 Å². The fourth-order valence-electron chi connectivity index (χ4n) is 1.69. The van der Waals surface area contributed by atoms with Crippen LogP contribution >= 0.6 is 15.9 Å². The molecule has 0 spiro atoms. The second-order valence-electron chi connectivity index (χ2n) is 4.05. The molecule has 0 amide bonds. The number of benzene rings is 2. The highest BCUT2D eigenvalue weighted by atomic mass is 79.9.